The van der Waals surface area contributed by atoms with Crippen molar-refractivity contribution >= 4 is 17.5 Å². The van der Waals surface area contributed by atoms with E-state index in [-0.39, 0.29) is 24.3 Å². The molecule has 1 aliphatic rings. The van der Waals surface area contributed by atoms with E-state index in [2.05, 4.69) is 15.4 Å². The van der Waals surface area contributed by atoms with E-state index in [4.69, 9.17) is 4.74 Å². The summed E-state index contributed by atoms with van der Waals surface area (Å²) in [5.74, 6) is -0.0586. The third-order valence-electron chi connectivity index (χ3n) is 4.36. The molecule has 0 aromatic carbocycles. The van der Waals surface area contributed by atoms with Gasteiger partial charge in [0.15, 0.2) is 5.65 Å². The molecule has 1 N–H and O–H groups in total. The van der Waals surface area contributed by atoms with Crippen LogP contribution in [0.15, 0.2) is 18.5 Å². The van der Waals surface area contributed by atoms with Crippen LogP contribution >= 0.6 is 0 Å². The lowest BCUT2D eigenvalue weighted by molar-refractivity contribution is -0.136. The van der Waals surface area contributed by atoms with Gasteiger partial charge >= 0.3 is 0 Å². The Morgan fingerprint density at radius 3 is 3.04 bits per heavy atom. The summed E-state index contributed by atoms with van der Waals surface area (Å²) in [5, 5.41) is 6.93. The Hall–Kier alpha value is -2.48. The number of amides is 2. The predicted octanol–water partition coefficient (Wildman–Crippen LogP) is 0.441. The van der Waals surface area contributed by atoms with Crippen molar-refractivity contribution in [3.8, 4) is 0 Å². The van der Waals surface area contributed by atoms with Crippen molar-refractivity contribution in [3.63, 3.8) is 0 Å². The first kappa shape index (κ1) is 16.4. The van der Waals surface area contributed by atoms with Crippen LogP contribution in [0.2, 0.25) is 0 Å². The summed E-state index contributed by atoms with van der Waals surface area (Å²) in [6.45, 7) is 1.47. The third kappa shape index (κ3) is 2.96. The van der Waals surface area contributed by atoms with Gasteiger partial charge in [0, 0.05) is 39.4 Å². The molecule has 128 valence electrons. The largest absolute Gasteiger partial charge is 0.375 e. The van der Waals surface area contributed by atoms with Crippen molar-refractivity contribution in [1.82, 2.24) is 24.8 Å². The van der Waals surface area contributed by atoms with Gasteiger partial charge in [-0.2, -0.15) is 5.10 Å². The minimum Gasteiger partial charge on any atom is -0.375 e. The van der Waals surface area contributed by atoms with Gasteiger partial charge < -0.3 is 15.0 Å². The average molecular weight is 331 g/mol. The number of ether oxygens (including phenoxy) is 1. The number of likely N-dealkylation sites (tertiary alicyclic amines) is 1. The summed E-state index contributed by atoms with van der Waals surface area (Å²) in [6.07, 6.45) is 5.11. The van der Waals surface area contributed by atoms with Crippen LogP contribution in [0.1, 0.15) is 34.8 Å². The maximum absolute atomic E-state index is 12.1. The van der Waals surface area contributed by atoms with E-state index in [9.17, 15) is 9.59 Å². The van der Waals surface area contributed by atoms with Crippen LogP contribution < -0.4 is 5.32 Å². The molecule has 0 spiro atoms. The van der Waals surface area contributed by atoms with E-state index in [0.29, 0.717) is 17.8 Å². The molecular weight excluding hydrogens is 310 g/mol. The fraction of sp³-hybridized carbons (Fsp3) is 0.500. The van der Waals surface area contributed by atoms with E-state index in [1.54, 1.807) is 17.8 Å². The van der Waals surface area contributed by atoms with E-state index in [0.717, 1.165) is 25.1 Å². The van der Waals surface area contributed by atoms with Crippen LogP contribution in [0, 0.1) is 0 Å². The maximum Gasteiger partial charge on any atom is 0.256 e. The molecule has 1 aliphatic heterocycles. The molecular formula is C16H21N5O3. The molecule has 3 rings (SSSR count). The van der Waals surface area contributed by atoms with E-state index in [1.165, 1.54) is 13.3 Å². The van der Waals surface area contributed by atoms with Gasteiger partial charge in [-0.05, 0) is 18.9 Å². The molecule has 8 heteroatoms. The first-order valence-corrected chi connectivity index (χ1v) is 7.97. The Balaban J connectivity index is 1.90. The SMILES string of the molecule is CNC(=O)c1cnn2c([C@H]3CCCN(C(=O)COC)C3)ccnc12. The zero-order valence-electron chi connectivity index (χ0n) is 13.9. The Bertz CT molecular complexity index is 757. The number of carbonyl (C=O) groups is 2. The minimum absolute atomic E-state index is 0.000912. The van der Waals surface area contributed by atoms with E-state index < -0.39 is 0 Å². The summed E-state index contributed by atoms with van der Waals surface area (Å²) in [6, 6.07) is 1.91. The number of nitrogens with one attached hydrogen (secondary N) is 1. The number of hydrogen-bond acceptors (Lipinski definition) is 5. The summed E-state index contributed by atoms with van der Waals surface area (Å²) in [5.41, 5.74) is 1.94. The van der Waals surface area contributed by atoms with Gasteiger partial charge in [0.2, 0.25) is 5.91 Å². The number of aromatic nitrogens is 3. The molecule has 1 atom stereocenters. The van der Waals surface area contributed by atoms with Crippen molar-refractivity contribution < 1.29 is 14.3 Å². The van der Waals surface area contributed by atoms with Crippen LogP contribution in [0.5, 0.6) is 0 Å². The van der Waals surface area contributed by atoms with Crippen molar-refractivity contribution in [3.05, 3.63) is 29.7 Å². The van der Waals surface area contributed by atoms with Crippen molar-refractivity contribution in [2.24, 2.45) is 0 Å². The average Bonchev–Trinajstić information content (AvgIpc) is 3.05. The number of hydrogen-bond donors (Lipinski definition) is 1. The standard InChI is InChI=1S/C16H21N5O3/c1-17-16(23)12-8-19-21-13(5-6-18-15(12)21)11-4-3-7-20(9-11)14(22)10-24-2/h5-6,8,11H,3-4,7,9-10H2,1-2H3,(H,17,23)/t11-/m0/s1. The lowest BCUT2D eigenvalue weighted by Crippen LogP contribution is -2.41. The molecule has 0 saturated carbocycles. The monoisotopic (exact) mass is 331 g/mol. The lowest BCUT2D eigenvalue weighted by Gasteiger charge is -2.32. The highest BCUT2D eigenvalue weighted by atomic mass is 16.5. The Labute approximate surface area is 139 Å². The van der Waals surface area contributed by atoms with Gasteiger partial charge in [0.1, 0.15) is 12.2 Å². The fourth-order valence-corrected chi connectivity index (χ4v) is 3.17. The zero-order valence-corrected chi connectivity index (χ0v) is 13.9. The predicted molar refractivity (Wildman–Crippen MR) is 86.8 cm³/mol. The highest BCUT2D eigenvalue weighted by Gasteiger charge is 2.27. The van der Waals surface area contributed by atoms with Crippen molar-refractivity contribution in [2.75, 3.05) is 33.9 Å². The van der Waals surface area contributed by atoms with Gasteiger partial charge in [-0.3, -0.25) is 9.59 Å². The zero-order chi connectivity index (χ0) is 17.1. The molecule has 2 aromatic rings. The molecule has 2 aromatic heterocycles. The molecule has 1 fully saturated rings. The van der Waals surface area contributed by atoms with Crippen LogP contribution in [0.25, 0.3) is 5.65 Å². The van der Waals surface area contributed by atoms with Crippen LogP contribution in [0.3, 0.4) is 0 Å². The van der Waals surface area contributed by atoms with Crippen LogP contribution in [-0.4, -0.2) is 65.2 Å². The number of nitrogens with zero attached hydrogens (tertiary/aromatic N) is 4. The highest BCUT2D eigenvalue weighted by molar-refractivity contribution is 5.99. The summed E-state index contributed by atoms with van der Waals surface area (Å²) >= 11 is 0. The molecule has 0 aliphatic carbocycles. The molecule has 0 radical (unpaired) electrons. The Morgan fingerprint density at radius 1 is 1.46 bits per heavy atom. The summed E-state index contributed by atoms with van der Waals surface area (Å²) in [4.78, 5) is 30.1. The van der Waals surface area contributed by atoms with E-state index in [1.807, 2.05) is 11.0 Å². The highest BCUT2D eigenvalue weighted by Crippen LogP contribution is 2.27. The first-order valence-electron chi connectivity index (χ1n) is 7.97. The maximum atomic E-state index is 12.1. The van der Waals surface area contributed by atoms with Gasteiger partial charge in [-0.15, -0.1) is 0 Å². The van der Waals surface area contributed by atoms with Crippen molar-refractivity contribution in [2.45, 2.75) is 18.8 Å². The number of piperidine rings is 1. The summed E-state index contributed by atoms with van der Waals surface area (Å²) < 4.78 is 6.65. The molecule has 8 nitrogen and oxygen atoms in total. The van der Waals surface area contributed by atoms with Crippen molar-refractivity contribution in [1.29, 1.82) is 0 Å². The molecule has 0 bridgehead atoms. The number of methoxy groups -OCH3 is 1. The smallest absolute Gasteiger partial charge is 0.256 e. The van der Waals surface area contributed by atoms with Gasteiger partial charge in [-0.1, -0.05) is 0 Å². The number of carbonyl (C=O) groups excluding carboxylic acids is 2. The number of rotatable bonds is 4. The molecule has 0 unspecified atom stereocenters. The second-order valence-electron chi connectivity index (χ2n) is 5.85. The fourth-order valence-electron chi connectivity index (χ4n) is 3.17. The number of fused-ring (bicyclic) bond motifs is 1. The van der Waals surface area contributed by atoms with Gasteiger partial charge in [0.05, 0.1) is 11.9 Å². The quantitative estimate of drug-likeness (QED) is 0.878. The normalized spacial score (nSPS) is 17.9. The second-order valence-corrected chi connectivity index (χ2v) is 5.85. The summed E-state index contributed by atoms with van der Waals surface area (Å²) in [7, 11) is 3.10. The Morgan fingerprint density at radius 2 is 2.29 bits per heavy atom. The van der Waals surface area contributed by atoms with E-state index >= 15 is 0 Å². The van der Waals surface area contributed by atoms with Gasteiger partial charge in [0.25, 0.3) is 5.91 Å². The third-order valence-corrected chi connectivity index (χ3v) is 4.36. The molecule has 1 saturated heterocycles. The first-order chi connectivity index (χ1) is 11.7. The van der Waals surface area contributed by atoms with Crippen LogP contribution in [-0.2, 0) is 9.53 Å². The molecule has 2 amide bonds. The molecule has 24 heavy (non-hydrogen) atoms. The van der Waals surface area contributed by atoms with Gasteiger partial charge in [-0.25, -0.2) is 9.50 Å². The topological polar surface area (TPSA) is 88.8 Å². The Kier molecular flexibility index (Phi) is 4.75. The molecule has 3 heterocycles. The minimum atomic E-state index is -0.213. The van der Waals surface area contributed by atoms with Crippen LogP contribution in [0.4, 0.5) is 0 Å². The lowest BCUT2D eigenvalue weighted by atomic mass is 9.94. The second kappa shape index (κ2) is 6.96.